The maximum absolute atomic E-state index is 14.8. The summed E-state index contributed by atoms with van der Waals surface area (Å²) in [6.45, 7) is 12.1. The van der Waals surface area contributed by atoms with E-state index in [0.29, 0.717) is 24.0 Å². The van der Waals surface area contributed by atoms with Crippen LogP contribution in [-0.2, 0) is 10.2 Å². The first-order valence-electron chi connectivity index (χ1n) is 10.4. The van der Waals surface area contributed by atoms with Crippen molar-refractivity contribution in [2.24, 2.45) is 0 Å². The van der Waals surface area contributed by atoms with Crippen molar-refractivity contribution in [1.29, 1.82) is 0 Å². The highest BCUT2D eigenvalue weighted by Gasteiger charge is 2.39. The quantitative estimate of drug-likeness (QED) is 0.779. The molecule has 3 aliphatic heterocycles. The Kier molecular flexibility index (Phi) is 5.71. The van der Waals surface area contributed by atoms with Gasteiger partial charge in [0, 0.05) is 56.4 Å². The lowest BCUT2D eigenvalue weighted by molar-refractivity contribution is -0.120. The molecule has 0 aliphatic carbocycles. The number of carbonyl (C=O) groups excluding carboxylic acids is 1. The molecule has 1 atom stereocenters. The Hall–Kier alpha value is -1.15. The molecule has 0 radical (unpaired) electrons. The van der Waals surface area contributed by atoms with Crippen LogP contribution in [0.1, 0.15) is 39.2 Å². The Balaban J connectivity index is 1.56. The number of rotatable bonds is 4. The highest BCUT2D eigenvalue weighted by Crippen LogP contribution is 2.44. The number of carbonyl (C=O) groups is 1. The van der Waals surface area contributed by atoms with Crippen molar-refractivity contribution in [1.82, 2.24) is 14.5 Å². The number of nitrogens with one attached hydrogen (secondary N) is 1. The smallest absolute Gasteiger partial charge is 0.241 e. The molecule has 3 heterocycles. The first kappa shape index (κ1) is 20.1. The Morgan fingerprint density at radius 2 is 2.04 bits per heavy atom. The molecule has 1 aromatic rings. The molecule has 5 nitrogen and oxygen atoms in total. The zero-order chi connectivity index (χ0) is 19.9. The zero-order valence-corrected chi connectivity index (χ0v) is 17.9. The van der Waals surface area contributed by atoms with E-state index in [1.165, 1.54) is 24.8 Å². The predicted octanol–water partition coefficient (Wildman–Crippen LogP) is 2.85. The number of nitrogens with zero attached hydrogens (tertiary/aromatic N) is 3. The van der Waals surface area contributed by atoms with E-state index < -0.39 is 0 Å². The monoisotopic (exact) mass is 406 g/mol. The van der Waals surface area contributed by atoms with E-state index in [1.807, 2.05) is 11.0 Å². The van der Waals surface area contributed by atoms with Gasteiger partial charge in [-0.3, -0.25) is 9.69 Å². The van der Waals surface area contributed by atoms with Gasteiger partial charge < -0.3 is 10.2 Å². The van der Waals surface area contributed by atoms with E-state index in [9.17, 15) is 9.18 Å². The van der Waals surface area contributed by atoms with Crippen LogP contribution in [0.3, 0.4) is 0 Å². The van der Waals surface area contributed by atoms with Crippen LogP contribution < -0.4 is 10.2 Å². The summed E-state index contributed by atoms with van der Waals surface area (Å²) in [6.07, 6.45) is 2.33. The molecule has 28 heavy (non-hydrogen) atoms. The maximum Gasteiger partial charge on any atom is 0.241 e. The molecule has 2 fully saturated rings. The predicted molar refractivity (Wildman–Crippen MR) is 112 cm³/mol. The summed E-state index contributed by atoms with van der Waals surface area (Å²) in [5.41, 5.74) is 1.60. The SMILES string of the molecule is C[C@@H]1CN(CC(=O)N2CC(C)(C)c3cc(F)c(SN4CCCC4)cc32)CCN1. The van der Waals surface area contributed by atoms with Crippen molar-refractivity contribution in [2.45, 2.75) is 50.0 Å². The first-order valence-corrected chi connectivity index (χ1v) is 11.1. The fraction of sp³-hybridized carbons (Fsp3) is 0.667. The summed E-state index contributed by atoms with van der Waals surface area (Å²) in [6, 6.07) is 3.97. The number of hydrogen-bond donors (Lipinski definition) is 1. The van der Waals surface area contributed by atoms with Gasteiger partial charge in [0.05, 0.1) is 11.4 Å². The van der Waals surface area contributed by atoms with Gasteiger partial charge in [-0.15, -0.1) is 0 Å². The molecular formula is C21H31FN4OS. The van der Waals surface area contributed by atoms with Crippen LogP contribution in [0.2, 0.25) is 0 Å². The highest BCUT2D eigenvalue weighted by atomic mass is 32.2. The molecule has 0 spiro atoms. The van der Waals surface area contributed by atoms with Crippen LogP contribution in [0.15, 0.2) is 17.0 Å². The molecule has 1 N–H and O–H groups in total. The number of piperazine rings is 1. The molecule has 0 bridgehead atoms. The number of halogens is 1. The number of hydrogen-bond acceptors (Lipinski definition) is 5. The summed E-state index contributed by atoms with van der Waals surface area (Å²) in [7, 11) is 0. The van der Waals surface area contributed by atoms with Crippen molar-refractivity contribution >= 4 is 23.5 Å². The first-order chi connectivity index (χ1) is 13.3. The third-order valence-electron chi connectivity index (χ3n) is 6.03. The minimum atomic E-state index is -0.237. The van der Waals surface area contributed by atoms with Gasteiger partial charge in [-0.25, -0.2) is 8.70 Å². The lowest BCUT2D eigenvalue weighted by Crippen LogP contribution is -2.52. The second-order valence-corrected chi connectivity index (χ2v) is 10.1. The van der Waals surface area contributed by atoms with E-state index in [2.05, 4.69) is 35.3 Å². The van der Waals surface area contributed by atoms with Gasteiger partial charge >= 0.3 is 0 Å². The average molecular weight is 407 g/mol. The van der Waals surface area contributed by atoms with Gasteiger partial charge in [0.15, 0.2) is 0 Å². The Bertz CT molecular complexity index is 750. The Morgan fingerprint density at radius 3 is 2.75 bits per heavy atom. The highest BCUT2D eigenvalue weighted by molar-refractivity contribution is 7.97. The van der Waals surface area contributed by atoms with Crippen molar-refractivity contribution < 1.29 is 9.18 Å². The second-order valence-electron chi connectivity index (χ2n) is 8.98. The fourth-order valence-electron chi connectivity index (χ4n) is 4.52. The molecule has 1 aromatic carbocycles. The van der Waals surface area contributed by atoms with E-state index in [-0.39, 0.29) is 17.1 Å². The molecule has 1 amide bonds. The molecule has 0 unspecified atom stereocenters. The lowest BCUT2D eigenvalue weighted by atomic mass is 9.87. The zero-order valence-electron chi connectivity index (χ0n) is 17.1. The minimum Gasteiger partial charge on any atom is -0.312 e. The van der Waals surface area contributed by atoms with Crippen molar-refractivity contribution in [3.05, 3.63) is 23.5 Å². The van der Waals surface area contributed by atoms with Gasteiger partial charge in [0.2, 0.25) is 5.91 Å². The lowest BCUT2D eigenvalue weighted by Gasteiger charge is -2.32. The molecular weight excluding hydrogens is 375 g/mol. The van der Waals surface area contributed by atoms with Crippen LogP contribution in [0.5, 0.6) is 0 Å². The number of benzene rings is 1. The van der Waals surface area contributed by atoms with E-state index in [1.54, 1.807) is 6.07 Å². The number of amides is 1. The molecule has 3 aliphatic rings. The summed E-state index contributed by atoms with van der Waals surface area (Å²) < 4.78 is 17.0. The second kappa shape index (κ2) is 7.94. The Morgan fingerprint density at radius 1 is 1.29 bits per heavy atom. The summed E-state index contributed by atoms with van der Waals surface area (Å²) in [5.74, 6) is -0.0568. The topological polar surface area (TPSA) is 38.8 Å². The van der Waals surface area contributed by atoms with Crippen LogP contribution >= 0.6 is 11.9 Å². The van der Waals surface area contributed by atoms with Crippen molar-refractivity contribution in [3.63, 3.8) is 0 Å². The normalized spacial score (nSPS) is 25.3. The minimum absolute atomic E-state index is 0.115. The number of anilines is 1. The third kappa shape index (κ3) is 4.08. The van der Waals surface area contributed by atoms with E-state index >= 15 is 0 Å². The summed E-state index contributed by atoms with van der Waals surface area (Å²) in [5, 5.41) is 3.42. The molecule has 2 saturated heterocycles. The Labute approximate surface area is 171 Å². The third-order valence-corrected chi connectivity index (χ3v) is 7.16. The molecule has 7 heteroatoms. The van der Waals surface area contributed by atoms with Gasteiger partial charge in [-0.2, -0.15) is 0 Å². The van der Waals surface area contributed by atoms with Gasteiger partial charge in [0.1, 0.15) is 5.82 Å². The summed E-state index contributed by atoms with van der Waals surface area (Å²) >= 11 is 1.50. The van der Waals surface area contributed by atoms with E-state index in [0.717, 1.165) is 44.0 Å². The summed E-state index contributed by atoms with van der Waals surface area (Å²) in [4.78, 5) is 17.9. The largest absolute Gasteiger partial charge is 0.312 e. The van der Waals surface area contributed by atoms with Crippen LogP contribution in [0.25, 0.3) is 0 Å². The number of fused-ring (bicyclic) bond motifs is 1. The van der Waals surface area contributed by atoms with Crippen LogP contribution in [0, 0.1) is 5.82 Å². The molecule has 154 valence electrons. The molecule has 4 rings (SSSR count). The van der Waals surface area contributed by atoms with Gasteiger partial charge in [-0.1, -0.05) is 13.8 Å². The van der Waals surface area contributed by atoms with Gasteiger partial charge in [0.25, 0.3) is 0 Å². The molecule has 0 saturated carbocycles. The maximum atomic E-state index is 14.8. The molecule has 0 aromatic heterocycles. The average Bonchev–Trinajstić information content (AvgIpc) is 3.22. The van der Waals surface area contributed by atoms with Crippen molar-refractivity contribution in [3.8, 4) is 0 Å². The van der Waals surface area contributed by atoms with E-state index in [4.69, 9.17) is 0 Å². The van der Waals surface area contributed by atoms with Crippen LogP contribution in [0.4, 0.5) is 10.1 Å². The standard InChI is InChI=1S/C21H31FN4OS/c1-15-12-24(9-6-23-15)13-20(27)26-14-21(2,3)16-10-17(22)19(11-18(16)26)28-25-7-4-5-8-25/h10-11,15,23H,4-9,12-14H2,1-3H3/t15-/m1/s1. The van der Waals surface area contributed by atoms with Crippen molar-refractivity contribution in [2.75, 3.05) is 50.7 Å². The fourth-order valence-corrected chi connectivity index (χ4v) is 5.55. The van der Waals surface area contributed by atoms with Crippen LogP contribution in [-0.4, -0.2) is 67.0 Å². The van der Waals surface area contributed by atoms with Gasteiger partial charge in [-0.05, 0) is 49.4 Å².